The van der Waals surface area contributed by atoms with Gasteiger partial charge in [0, 0.05) is 6.54 Å². The van der Waals surface area contributed by atoms with Crippen molar-refractivity contribution in [1.82, 2.24) is 0 Å². The molecule has 0 amide bonds. The lowest BCUT2D eigenvalue weighted by molar-refractivity contribution is -0.139. The minimum Gasteiger partial charge on any atom is -0.480 e. The van der Waals surface area contributed by atoms with Crippen molar-refractivity contribution in [2.45, 2.75) is 57.5 Å². The Bertz CT molecular complexity index is 359. The van der Waals surface area contributed by atoms with Gasteiger partial charge in [-0.3, -0.25) is 14.6 Å². The molecule has 0 aliphatic heterocycles. The predicted molar refractivity (Wildman–Crippen MR) is 90.1 cm³/mol. The van der Waals surface area contributed by atoms with Crippen LogP contribution in [0.5, 0.6) is 0 Å². The van der Waals surface area contributed by atoms with Crippen molar-refractivity contribution in [3.63, 3.8) is 0 Å². The highest BCUT2D eigenvalue weighted by Gasteiger charge is 2.10. The number of carboxylic acids is 2. The van der Waals surface area contributed by atoms with E-state index in [1.807, 2.05) is 0 Å². The summed E-state index contributed by atoms with van der Waals surface area (Å²) in [5.74, 6) is -1.32. The van der Waals surface area contributed by atoms with Crippen molar-refractivity contribution in [1.29, 1.82) is 0 Å². The number of aliphatic imine (C=N–C) groups is 1. The van der Waals surface area contributed by atoms with Crippen molar-refractivity contribution < 1.29 is 19.8 Å². The summed E-state index contributed by atoms with van der Waals surface area (Å²) in [5.41, 5.74) is 21.0. The maximum Gasteiger partial charge on any atom is 0.320 e. The van der Waals surface area contributed by atoms with Gasteiger partial charge in [0.1, 0.15) is 12.1 Å². The van der Waals surface area contributed by atoms with Crippen molar-refractivity contribution in [3.05, 3.63) is 0 Å². The highest BCUT2D eigenvalue weighted by atomic mass is 16.4. The van der Waals surface area contributed by atoms with E-state index in [2.05, 4.69) is 4.99 Å². The average molecular weight is 333 g/mol. The Morgan fingerprint density at radius 3 is 1.74 bits per heavy atom. The summed E-state index contributed by atoms with van der Waals surface area (Å²) in [7, 11) is 0. The standard InChI is InChI=1S/C8H17N3O2.C6H14N2O2/c1-6(9)11-5-3-2-4-7(10)8(12)13;7-4-2-1-3-5(8)6(9)10/h7H,2-5,10H2,1H3,(H2,9,11)(H,12,13);5H,1-4,7-8H2,(H,9,10)/t7-;5-/m00/s1. The Kier molecular flexibility index (Phi) is 15.6. The molecular formula is C14H31N5O4. The van der Waals surface area contributed by atoms with Gasteiger partial charge in [-0.1, -0.05) is 6.42 Å². The van der Waals surface area contributed by atoms with Crippen LogP contribution in [0.4, 0.5) is 0 Å². The molecule has 0 aromatic heterocycles. The molecule has 0 aromatic carbocycles. The van der Waals surface area contributed by atoms with Gasteiger partial charge in [-0.2, -0.15) is 0 Å². The fourth-order valence-corrected chi connectivity index (χ4v) is 1.49. The summed E-state index contributed by atoms with van der Waals surface area (Å²) in [6, 6.07) is -1.46. The first-order chi connectivity index (χ1) is 10.7. The molecule has 0 unspecified atom stereocenters. The molecule has 136 valence electrons. The molecule has 0 saturated carbocycles. The third-order valence-corrected chi connectivity index (χ3v) is 2.89. The second kappa shape index (κ2) is 15.2. The van der Waals surface area contributed by atoms with Crippen LogP contribution in [0.2, 0.25) is 0 Å². The summed E-state index contributed by atoms with van der Waals surface area (Å²) in [6.07, 6.45) is 4.26. The van der Waals surface area contributed by atoms with Crippen molar-refractivity contribution in [2.24, 2.45) is 27.9 Å². The van der Waals surface area contributed by atoms with Crippen LogP contribution in [-0.4, -0.2) is 53.2 Å². The number of aliphatic carboxylic acids is 2. The van der Waals surface area contributed by atoms with Crippen molar-refractivity contribution in [2.75, 3.05) is 13.1 Å². The lowest BCUT2D eigenvalue weighted by Crippen LogP contribution is -2.29. The van der Waals surface area contributed by atoms with Gasteiger partial charge in [0.05, 0.1) is 5.84 Å². The molecule has 0 rings (SSSR count). The van der Waals surface area contributed by atoms with E-state index >= 15 is 0 Å². The Balaban J connectivity index is 0. The van der Waals surface area contributed by atoms with E-state index in [0.717, 1.165) is 25.7 Å². The minimum atomic E-state index is -0.946. The lowest BCUT2D eigenvalue weighted by Gasteiger charge is -2.04. The smallest absolute Gasteiger partial charge is 0.320 e. The number of amidine groups is 1. The zero-order valence-corrected chi connectivity index (χ0v) is 13.8. The number of carboxylic acid groups (broad SMARTS) is 2. The number of rotatable bonds is 11. The monoisotopic (exact) mass is 333 g/mol. The summed E-state index contributed by atoms with van der Waals surface area (Å²) in [4.78, 5) is 24.4. The molecule has 2 atom stereocenters. The normalized spacial score (nSPS) is 13.7. The highest BCUT2D eigenvalue weighted by molar-refractivity contribution is 5.77. The van der Waals surface area contributed by atoms with Crippen molar-refractivity contribution >= 4 is 17.8 Å². The molecule has 9 nitrogen and oxygen atoms in total. The molecule has 23 heavy (non-hydrogen) atoms. The van der Waals surface area contributed by atoms with E-state index in [9.17, 15) is 9.59 Å². The first-order valence-electron chi connectivity index (χ1n) is 7.65. The molecule has 0 saturated heterocycles. The molecule has 0 aliphatic carbocycles. The lowest BCUT2D eigenvalue weighted by atomic mass is 10.1. The van der Waals surface area contributed by atoms with Crippen LogP contribution in [-0.2, 0) is 9.59 Å². The Morgan fingerprint density at radius 1 is 0.957 bits per heavy atom. The quantitative estimate of drug-likeness (QED) is 0.165. The first-order valence-corrected chi connectivity index (χ1v) is 7.65. The van der Waals surface area contributed by atoms with E-state index in [1.54, 1.807) is 6.92 Å². The molecular weight excluding hydrogens is 302 g/mol. The fourth-order valence-electron chi connectivity index (χ4n) is 1.49. The summed E-state index contributed by atoms with van der Waals surface area (Å²) in [6.45, 7) is 2.98. The van der Waals surface area contributed by atoms with E-state index in [0.29, 0.717) is 31.8 Å². The van der Waals surface area contributed by atoms with Gasteiger partial charge in [0.25, 0.3) is 0 Å². The van der Waals surface area contributed by atoms with Gasteiger partial charge in [-0.15, -0.1) is 0 Å². The van der Waals surface area contributed by atoms with Crippen LogP contribution < -0.4 is 22.9 Å². The number of carbonyl (C=O) groups is 2. The summed E-state index contributed by atoms with van der Waals surface area (Å²) in [5, 5.41) is 16.8. The fraction of sp³-hybridized carbons (Fsp3) is 0.786. The van der Waals surface area contributed by atoms with E-state index < -0.39 is 24.0 Å². The summed E-state index contributed by atoms with van der Waals surface area (Å²) >= 11 is 0. The molecule has 0 heterocycles. The number of nitrogens with two attached hydrogens (primary N) is 4. The molecule has 0 bridgehead atoms. The average Bonchev–Trinajstić information content (AvgIpc) is 2.46. The Hall–Kier alpha value is -1.71. The van der Waals surface area contributed by atoms with E-state index in [1.165, 1.54) is 0 Å². The minimum absolute atomic E-state index is 0.495. The van der Waals surface area contributed by atoms with Crippen LogP contribution in [0, 0.1) is 0 Å². The molecule has 10 N–H and O–H groups in total. The molecule has 9 heteroatoms. The third kappa shape index (κ3) is 18.2. The van der Waals surface area contributed by atoms with Crippen LogP contribution in [0.25, 0.3) is 0 Å². The van der Waals surface area contributed by atoms with Crippen LogP contribution in [0.15, 0.2) is 4.99 Å². The molecule has 0 aromatic rings. The zero-order valence-electron chi connectivity index (χ0n) is 13.8. The third-order valence-electron chi connectivity index (χ3n) is 2.89. The molecule has 0 fully saturated rings. The molecule has 0 radical (unpaired) electrons. The number of hydrogen-bond acceptors (Lipinski definition) is 6. The van der Waals surface area contributed by atoms with Crippen molar-refractivity contribution in [3.8, 4) is 0 Å². The Morgan fingerprint density at radius 2 is 1.39 bits per heavy atom. The largest absolute Gasteiger partial charge is 0.480 e. The number of hydrogen-bond donors (Lipinski definition) is 6. The van der Waals surface area contributed by atoms with Gasteiger partial charge in [0.15, 0.2) is 0 Å². The van der Waals surface area contributed by atoms with E-state index in [-0.39, 0.29) is 0 Å². The maximum absolute atomic E-state index is 10.3. The topological polar surface area (TPSA) is 191 Å². The summed E-state index contributed by atoms with van der Waals surface area (Å²) < 4.78 is 0. The SMILES string of the molecule is CC(N)=NCCCC[C@H](N)C(=O)O.NCCCC[C@H](N)C(=O)O. The van der Waals surface area contributed by atoms with E-state index in [4.69, 9.17) is 33.1 Å². The second-order valence-corrected chi connectivity index (χ2v) is 5.19. The zero-order chi connectivity index (χ0) is 18.3. The van der Waals surface area contributed by atoms with Crippen LogP contribution in [0.1, 0.15) is 45.4 Å². The van der Waals surface area contributed by atoms with Gasteiger partial charge in [-0.25, -0.2) is 0 Å². The van der Waals surface area contributed by atoms with Crippen LogP contribution >= 0.6 is 0 Å². The predicted octanol–water partition coefficient (Wildman–Crippen LogP) is -0.527. The maximum atomic E-state index is 10.3. The van der Waals surface area contributed by atoms with Crippen LogP contribution in [0.3, 0.4) is 0 Å². The van der Waals surface area contributed by atoms with Gasteiger partial charge in [-0.05, 0) is 45.6 Å². The number of unbranched alkanes of at least 4 members (excludes halogenated alkanes) is 2. The number of nitrogens with zero attached hydrogens (tertiary/aromatic N) is 1. The molecule has 0 aliphatic rings. The second-order valence-electron chi connectivity index (χ2n) is 5.19. The van der Waals surface area contributed by atoms with Gasteiger partial charge in [0.2, 0.25) is 0 Å². The molecule has 0 spiro atoms. The van der Waals surface area contributed by atoms with Gasteiger partial charge < -0.3 is 33.1 Å². The first kappa shape index (κ1) is 23.6. The Labute approximate surface area is 137 Å². The highest BCUT2D eigenvalue weighted by Crippen LogP contribution is 1.99. The van der Waals surface area contributed by atoms with Gasteiger partial charge >= 0.3 is 11.9 Å².